The Hall–Kier alpha value is -4.16. The van der Waals surface area contributed by atoms with Gasteiger partial charge in [-0.1, -0.05) is 72.3 Å². The van der Waals surface area contributed by atoms with Crippen molar-refractivity contribution in [1.82, 2.24) is 0 Å². The lowest BCUT2D eigenvalue weighted by Gasteiger charge is -2.37. The summed E-state index contributed by atoms with van der Waals surface area (Å²) in [4.78, 5) is 4.72. The zero-order valence-corrected chi connectivity index (χ0v) is 21.8. The molecule has 1 aliphatic heterocycles. The van der Waals surface area contributed by atoms with E-state index in [1.54, 1.807) is 48.7 Å². The Kier molecular flexibility index (Phi) is 6.34. The van der Waals surface area contributed by atoms with Crippen molar-refractivity contribution in [2.75, 3.05) is 5.32 Å². The first kappa shape index (κ1) is 24.2. The average Bonchev–Trinajstić information content (AvgIpc) is 3.43. The van der Waals surface area contributed by atoms with Crippen LogP contribution in [0.15, 0.2) is 119 Å². The smallest absolute Gasteiger partial charge is 0.339 e. The van der Waals surface area contributed by atoms with E-state index in [9.17, 15) is 8.42 Å². The number of hydrogen-bond donors (Lipinski definition) is 1. The van der Waals surface area contributed by atoms with Crippen LogP contribution in [0.3, 0.4) is 0 Å². The van der Waals surface area contributed by atoms with Crippen LogP contribution in [0.25, 0.3) is 0 Å². The molecule has 190 valence electrons. The highest BCUT2D eigenvalue weighted by Crippen LogP contribution is 2.49. The minimum absolute atomic E-state index is 0.115. The first-order valence-corrected chi connectivity index (χ1v) is 14.2. The van der Waals surface area contributed by atoms with Crippen LogP contribution in [-0.4, -0.2) is 14.6 Å². The molecule has 38 heavy (non-hydrogen) atoms. The van der Waals surface area contributed by atoms with E-state index in [1.165, 1.54) is 16.8 Å². The summed E-state index contributed by atoms with van der Waals surface area (Å²) in [6.45, 7) is 1.91. The second-order valence-electron chi connectivity index (χ2n) is 9.80. The number of para-hydroxylation sites is 2. The highest BCUT2D eigenvalue weighted by atomic mass is 32.2. The van der Waals surface area contributed by atoms with Crippen LogP contribution < -0.4 is 9.50 Å². The molecule has 0 amide bonds. The number of allylic oxidation sites excluding steroid dienone is 2. The standard InChI is InChI=1S/C32H28N2O3S/c1-22-13-19-26(20-14-22)38(35,36)37-31-12-5-2-7-24(31)21-33-25-17-15-23(16-18-25)32-29-10-6-9-27(29)28-8-3-4-11-30(28)34-32/h2-9,11-21,27,29,32,34H,10H2,1H3/t27-,29-,32+/m1/s1. The second kappa shape index (κ2) is 9.95. The lowest BCUT2D eigenvalue weighted by molar-refractivity contribution is 0.425. The van der Waals surface area contributed by atoms with E-state index in [1.807, 2.05) is 25.1 Å². The number of aryl methyl sites for hydroxylation is 1. The van der Waals surface area contributed by atoms with Gasteiger partial charge in [-0.2, -0.15) is 8.42 Å². The monoisotopic (exact) mass is 520 g/mol. The molecule has 1 aliphatic carbocycles. The normalized spacial score (nSPS) is 20.1. The van der Waals surface area contributed by atoms with Crippen molar-refractivity contribution < 1.29 is 12.6 Å². The number of rotatable bonds is 6. The predicted octanol–water partition coefficient (Wildman–Crippen LogP) is 7.34. The van der Waals surface area contributed by atoms with E-state index in [-0.39, 0.29) is 16.7 Å². The summed E-state index contributed by atoms with van der Waals surface area (Å²) in [5.74, 6) is 1.15. The molecule has 2 aliphatic rings. The van der Waals surface area contributed by atoms with Crippen LogP contribution in [-0.2, 0) is 10.1 Å². The average molecular weight is 521 g/mol. The van der Waals surface area contributed by atoms with E-state index < -0.39 is 10.1 Å². The van der Waals surface area contributed by atoms with E-state index in [4.69, 9.17) is 4.18 Å². The molecule has 0 saturated carbocycles. The third-order valence-corrected chi connectivity index (χ3v) is 8.55. The number of nitrogens with one attached hydrogen (secondary N) is 1. The Morgan fingerprint density at radius 2 is 1.63 bits per heavy atom. The molecule has 6 rings (SSSR count). The molecule has 6 heteroatoms. The van der Waals surface area contributed by atoms with Gasteiger partial charge in [0.05, 0.1) is 11.7 Å². The van der Waals surface area contributed by atoms with Gasteiger partial charge in [0.15, 0.2) is 5.75 Å². The topological polar surface area (TPSA) is 67.8 Å². The molecule has 4 aromatic rings. The molecule has 0 radical (unpaired) electrons. The summed E-state index contributed by atoms with van der Waals surface area (Å²) in [7, 11) is -3.96. The van der Waals surface area contributed by atoms with Gasteiger partial charge in [-0.3, -0.25) is 4.99 Å². The minimum atomic E-state index is -3.96. The minimum Gasteiger partial charge on any atom is -0.378 e. The first-order valence-electron chi connectivity index (χ1n) is 12.7. The number of nitrogens with zero attached hydrogens (tertiary/aromatic N) is 1. The molecular formula is C32H28N2O3S. The molecule has 1 N–H and O–H groups in total. The number of hydrogen-bond acceptors (Lipinski definition) is 5. The largest absolute Gasteiger partial charge is 0.378 e. The molecule has 4 aromatic carbocycles. The van der Waals surface area contributed by atoms with Gasteiger partial charge < -0.3 is 9.50 Å². The summed E-state index contributed by atoms with van der Waals surface area (Å²) >= 11 is 0. The molecule has 0 spiro atoms. The van der Waals surface area contributed by atoms with Crippen molar-refractivity contribution in [2.24, 2.45) is 10.9 Å². The third kappa shape index (κ3) is 4.75. The third-order valence-electron chi connectivity index (χ3n) is 7.31. The molecule has 5 nitrogen and oxygen atoms in total. The van der Waals surface area contributed by atoms with Crippen molar-refractivity contribution in [3.8, 4) is 5.75 Å². The van der Waals surface area contributed by atoms with Crippen LogP contribution in [0.2, 0.25) is 0 Å². The Balaban J connectivity index is 1.20. The van der Waals surface area contributed by atoms with Crippen molar-refractivity contribution in [1.29, 1.82) is 0 Å². The molecule has 3 atom stereocenters. The van der Waals surface area contributed by atoms with Gasteiger partial charge in [0, 0.05) is 23.4 Å². The number of fused-ring (bicyclic) bond motifs is 3. The van der Waals surface area contributed by atoms with Crippen molar-refractivity contribution >= 4 is 27.7 Å². The molecule has 0 bridgehead atoms. The van der Waals surface area contributed by atoms with Crippen LogP contribution in [0, 0.1) is 12.8 Å². The summed E-state index contributed by atoms with van der Waals surface area (Å²) < 4.78 is 31.1. The molecular weight excluding hydrogens is 492 g/mol. The second-order valence-corrected chi connectivity index (χ2v) is 11.3. The van der Waals surface area contributed by atoms with E-state index in [0.717, 1.165) is 17.7 Å². The lowest BCUT2D eigenvalue weighted by Crippen LogP contribution is -2.28. The van der Waals surface area contributed by atoms with Gasteiger partial charge >= 0.3 is 10.1 Å². The van der Waals surface area contributed by atoms with Gasteiger partial charge in [-0.25, -0.2) is 0 Å². The Labute approximate surface area is 223 Å². The molecule has 0 unspecified atom stereocenters. The molecule has 0 saturated heterocycles. The number of anilines is 1. The zero-order valence-electron chi connectivity index (χ0n) is 21.0. The van der Waals surface area contributed by atoms with Crippen LogP contribution in [0.4, 0.5) is 11.4 Å². The van der Waals surface area contributed by atoms with E-state index >= 15 is 0 Å². The fourth-order valence-corrected chi connectivity index (χ4v) is 6.27. The predicted molar refractivity (Wildman–Crippen MR) is 152 cm³/mol. The zero-order chi connectivity index (χ0) is 26.1. The maximum Gasteiger partial charge on any atom is 0.339 e. The van der Waals surface area contributed by atoms with Crippen molar-refractivity contribution in [3.05, 3.63) is 131 Å². The van der Waals surface area contributed by atoms with E-state index in [0.29, 0.717) is 17.4 Å². The van der Waals surface area contributed by atoms with Crippen LogP contribution in [0.5, 0.6) is 5.75 Å². The Bertz CT molecular complexity index is 1620. The summed E-state index contributed by atoms with van der Waals surface area (Å²) in [6.07, 6.45) is 7.33. The maximum absolute atomic E-state index is 12.8. The molecule has 0 fully saturated rings. The van der Waals surface area contributed by atoms with Gasteiger partial charge in [0.1, 0.15) is 4.90 Å². The number of aliphatic imine (C=N–C) groups is 1. The molecule has 0 aromatic heterocycles. The van der Waals surface area contributed by atoms with Crippen LogP contribution in [0.1, 0.15) is 40.6 Å². The highest BCUT2D eigenvalue weighted by molar-refractivity contribution is 7.87. The highest BCUT2D eigenvalue weighted by Gasteiger charge is 2.37. The van der Waals surface area contributed by atoms with Crippen molar-refractivity contribution in [2.45, 2.75) is 30.2 Å². The van der Waals surface area contributed by atoms with Gasteiger partial charge in [-0.05, 0) is 72.9 Å². The quantitative estimate of drug-likeness (QED) is 0.164. The van der Waals surface area contributed by atoms with Gasteiger partial charge in [0.2, 0.25) is 0 Å². The Morgan fingerprint density at radius 1 is 0.895 bits per heavy atom. The maximum atomic E-state index is 12.8. The summed E-state index contributed by atoms with van der Waals surface area (Å²) in [5.41, 5.74) is 6.13. The first-order chi connectivity index (χ1) is 18.5. The lowest BCUT2D eigenvalue weighted by atomic mass is 9.77. The van der Waals surface area contributed by atoms with Crippen LogP contribution >= 0.6 is 0 Å². The van der Waals surface area contributed by atoms with Gasteiger partial charge in [0.25, 0.3) is 0 Å². The fourth-order valence-electron chi connectivity index (χ4n) is 5.32. The Morgan fingerprint density at radius 3 is 2.45 bits per heavy atom. The van der Waals surface area contributed by atoms with E-state index in [2.05, 4.69) is 58.9 Å². The van der Waals surface area contributed by atoms with Crippen molar-refractivity contribution in [3.63, 3.8) is 0 Å². The summed E-state index contributed by atoms with van der Waals surface area (Å²) in [5, 5.41) is 3.76. The molecule has 1 heterocycles. The SMILES string of the molecule is Cc1ccc(S(=O)(=O)Oc2ccccc2C=Nc2ccc([C@@H]3Nc4ccccc4[C@H]4C=CC[C@H]43)cc2)cc1. The summed E-state index contributed by atoms with van der Waals surface area (Å²) in [6, 6.07) is 30.6. The van der Waals surface area contributed by atoms with Gasteiger partial charge in [-0.15, -0.1) is 0 Å². The number of benzene rings is 4. The fraction of sp³-hybridized carbons (Fsp3) is 0.156.